The van der Waals surface area contributed by atoms with E-state index in [9.17, 15) is 14.4 Å². The molecule has 60 valence electrons. The lowest BCUT2D eigenvalue weighted by molar-refractivity contribution is -0.136. The van der Waals surface area contributed by atoms with Crippen molar-refractivity contribution in [1.29, 1.82) is 0 Å². The third-order valence-electron chi connectivity index (χ3n) is 0.816. The van der Waals surface area contributed by atoms with Crippen LogP contribution in [0.3, 0.4) is 0 Å². The largest absolute Gasteiger partial charge is 0.481 e. The van der Waals surface area contributed by atoms with Crippen LogP contribution in [0.25, 0.3) is 0 Å². The summed E-state index contributed by atoms with van der Waals surface area (Å²) < 4.78 is 0. The molecule has 0 saturated heterocycles. The van der Waals surface area contributed by atoms with E-state index in [1.165, 1.54) is 0 Å². The minimum atomic E-state index is -1.33. The van der Waals surface area contributed by atoms with E-state index < -0.39 is 18.4 Å². The highest BCUT2D eigenvalue weighted by Gasteiger charge is 2.03. The molecule has 0 rings (SSSR count). The van der Waals surface area contributed by atoms with Gasteiger partial charge in [0.2, 0.25) is 0 Å². The van der Waals surface area contributed by atoms with E-state index in [4.69, 9.17) is 10.2 Å². The third-order valence-corrected chi connectivity index (χ3v) is 0.816. The van der Waals surface area contributed by atoms with Gasteiger partial charge in [-0.25, -0.2) is 4.79 Å². The number of rotatable bonds is 4. The average molecular weight is 158 g/mol. The normalized spacial score (nSPS) is 10.7. The fraction of sp³-hybridized carbons (Fsp3) is 0.167. The van der Waals surface area contributed by atoms with Crippen molar-refractivity contribution >= 4 is 18.2 Å². The zero-order chi connectivity index (χ0) is 8.85. The van der Waals surface area contributed by atoms with E-state index >= 15 is 0 Å². The van der Waals surface area contributed by atoms with Gasteiger partial charge in [-0.1, -0.05) is 0 Å². The summed E-state index contributed by atoms with van der Waals surface area (Å²) in [7, 11) is 0. The Labute approximate surface area is 61.9 Å². The van der Waals surface area contributed by atoms with Gasteiger partial charge in [-0.15, -0.1) is 0 Å². The molecule has 0 radical (unpaired) electrons. The van der Waals surface area contributed by atoms with Crippen LogP contribution in [0.5, 0.6) is 0 Å². The van der Waals surface area contributed by atoms with Gasteiger partial charge in [-0.05, 0) is 0 Å². The predicted molar refractivity (Wildman–Crippen MR) is 34.0 cm³/mol. The summed E-state index contributed by atoms with van der Waals surface area (Å²) >= 11 is 0. The molecule has 0 amide bonds. The molecule has 0 unspecified atom stereocenters. The standard InChI is InChI=1S/C6H6O5/c7-3-4(1-5(8)9)2-6(10)11/h1,3H,2H2,(H,8,9)(H,10,11)/b4-1+. The lowest BCUT2D eigenvalue weighted by Gasteiger charge is -1.90. The number of hydrogen-bond donors (Lipinski definition) is 2. The second-order valence-electron chi connectivity index (χ2n) is 1.75. The zero-order valence-corrected chi connectivity index (χ0v) is 5.48. The molecule has 0 bridgehead atoms. The van der Waals surface area contributed by atoms with Gasteiger partial charge >= 0.3 is 11.9 Å². The Balaban J connectivity index is 4.28. The fourth-order valence-electron chi connectivity index (χ4n) is 0.460. The van der Waals surface area contributed by atoms with Gasteiger partial charge in [0.05, 0.1) is 6.42 Å². The molecule has 11 heavy (non-hydrogen) atoms. The van der Waals surface area contributed by atoms with Gasteiger partial charge in [0.25, 0.3) is 0 Å². The summed E-state index contributed by atoms with van der Waals surface area (Å²) in [5.74, 6) is -2.56. The summed E-state index contributed by atoms with van der Waals surface area (Å²) in [5.41, 5.74) is -0.259. The Bertz CT molecular complexity index is 215. The predicted octanol–water partition coefficient (Wildman–Crippen LogP) is -0.329. The number of carboxylic acids is 2. The molecular formula is C6H6O5. The number of aldehydes is 1. The van der Waals surface area contributed by atoms with Crippen molar-refractivity contribution in [3.8, 4) is 0 Å². The minimum absolute atomic E-state index is 0.211. The first-order chi connectivity index (χ1) is 5.06. The van der Waals surface area contributed by atoms with E-state index in [0.29, 0.717) is 6.08 Å². The van der Waals surface area contributed by atoms with Crippen LogP contribution in [0.15, 0.2) is 11.6 Å². The first-order valence-electron chi connectivity index (χ1n) is 2.66. The van der Waals surface area contributed by atoms with Crippen LogP contribution in [-0.2, 0) is 14.4 Å². The highest BCUT2D eigenvalue weighted by molar-refractivity contribution is 5.92. The van der Waals surface area contributed by atoms with Crippen molar-refractivity contribution in [2.24, 2.45) is 0 Å². The van der Waals surface area contributed by atoms with Gasteiger partial charge in [-0.3, -0.25) is 9.59 Å². The monoisotopic (exact) mass is 158 g/mol. The Kier molecular flexibility index (Phi) is 3.58. The smallest absolute Gasteiger partial charge is 0.328 e. The van der Waals surface area contributed by atoms with Gasteiger partial charge in [-0.2, -0.15) is 0 Å². The van der Waals surface area contributed by atoms with Crippen LogP contribution >= 0.6 is 0 Å². The summed E-state index contributed by atoms with van der Waals surface area (Å²) in [6.07, 6.45) is 0.221. The molecular weight excluding hydrogens is 152 g/mol. The van der Waals surface area contributed by atoms with Crippen molar-refractivity contribution < 1.29 is 24.6 Å². The summed E-state index contributed by atoms with van der Waals surface area (Å²) in [4.78, 5) is 29.9. The van der Waals surface area contributed by atoms with Crippen LogP contribution in [0.4, 0.5) is 0 Å². The van der Waals surface area contributed by atoms with Crippen LogP contribution in [0, 0.1) is 0 Å². The van der Waals surface area contributed by atoms with E-state index in [2.05, 4.69) is 0 Å². The quantitative estimate of drug-likeness (QED) is 0.431. The number of hydrogen-bond acceptors (Lipinski definition) is 3. The molecule has 2 N–H and O–H groups in total. The van der Waals surface area contributed by atoms with Crippen molar-refractivity contribution in [2.45, 2.75) is 6.42 Å². The lowest BCUT2D eigenvalue weighted by atomic mass is 10.2. The van der Waals surface area contributed by atoms with Gasteiger partial charge in [0.15, 0.2) is 0 Å². The van der Waals surface area contributed by atoms with Crippen molar-refractivity contribution in [3.05, 3.63) is 11.6 Å². The zero-order valence-electron chi connectivity index (χ0n) is 5.48. The maximum atomic E-state index is 9.98. The lowest BCUT2D eigenvalue weighted by Crippen LogP contribution is -2.01. The summed E-state index contributed by atoms with van der Waals surface area (Å²) in [6, 6.07) is 0. The SMILES string of the molecule is O=C/C(=C/C(=O)O)CC(=O)O. The Hall–Kier alpha value is -1.65. The molecule has 0 spiro atoms. The Morgan fingerprint density at radius 3 is 2.09 bits per heavy atom. The molecule has 0 saturated carbocycles. The van der Waals surface area contributed by atoms with Crippen molar-refractivity contribution in [1.82, 2.24) is 0 Å². The van der Waals surface area contributed by atoms with Crippen LogP contribution in [0.1, 0.15) is 6.42 Å². The maximum Gasteiger partial charge on any atom is 0.328 e. The molecule has 0 atom stereocenters. The van der Waals surface area contributed by atoms with Gasteiger partial charge in [0, 0.05) is 11.6 Å². The molecule has 0 aromatic heterocycles. The Morgan fingerprint density at radius 1 is 1.27 bits per heavy atom. The molecule has 0 aromatic rings. The molecule has 5 heteroatoms. The van der Waals surface area contributed by atoms with Crippen molar-refractivity contribution in [3.63, 3.8) is 0 Å². The first kappa shape index (κ1) is 9.35. The van der Waals surface area contributed by atoms with Crippen LogP contribution in [-0.4, -0.2) is 28.4 Å². The molecule has 0 aliphatic heterocycles. The van der Waals surface area contributed by atoms with E-state index in [1.807, 2.05) is 0 Å². The molecule has 0 aliphatic rings. The van der Waals surface area contributed by atoms with E-state index in [1.54, 1.807) is 0 Å². The molecule has 0 fully saturated rings. The minimum Gasteiger partial charge on any atom is -0.481 e. The topological polar surface area (TPSA) is 91.7 Å². The van der Waals surface area contributed by atoms with E-state index in [0.717, 1.165) is 0 Å². The fourth-order valence-corrected chi connectivity index (χ4v) is 0.460. The maximum absolute atomic E-state index is 9.98. The summed E-state index contributed by atoms with van der Waals surface area (Å²) in [6.45, 7) is 0. The third kappa shape index (κ3) is 4.83. The number of carbonyl (C=O) groups is 3. The first-order valence-corrected chi connectivity index (χ1v) is 2.66. The van der Waals surface area contributed by atoms with Crippen LogP contribution < -0.4 is 0 Å². The summed E-state index contributed by atoms with van der Waals surface area (Å²) in [5, 5.41) is 16.2. The van der Waals surface area contributed by atoms with E-state index in [-0.39, 0.29) is 11.9 Å². The molecule has 5 nitrogen and oxygen atoms in total. The second-order valence-corrected chi connectivity index (χ2v) is 1.75. The highest BCUT2D eigenvalue weighted by atomic mass is 16.4. The highest BCUT2D eigenvalue weighted by Crippen LogP contribution is 1.96. The number of carboxylic acid groups (broad SMARTS) is 2. The molecule has 0 aromatic carbocycles. The Morgan fingerprint density at radius 2 is 1.82 bits per heavy atom. The van der Waals surface area contributed by atoms with Gasteiger partial charge in [0.1, 0.15) is 6.29 Å². The second kappa shape index (κ2) is 4.21. The van der Waals surface area contributed by atoms with Gasteiger partial charge < -0.3 is 10.2 Å². The number of aliphatic carboxylic acids is 2. The average Bonchev–Trinajstić information content (AvgIpc) is 1.84. The van der Waals surface area contributed by atoms with Crippen LogP contribution in [0.2, 0.25) is 0 Å². The molecule has 0 aliphatic carbocycles. The number of carbonyl (C=O) groups excluding carboxylic acids is 1. The van der Waals surface area contributed by atoms with Crippen molar-refractivity contribution in [2.75, 3.05) is 0 Å². The molecule has 0 heterocycles.